The van der Waals surface area contributed by atoms with Gasteiger partial charge in [0.15, 0.2) is 0 Å². The first-order chi connectivity index (χ1) is 10.2. The van der Waals surface area contributed by atoms with Crippen molar-refractivity contribution in [3.63, 3.8) is 0 Å². The van der Waals surface area contributed by atoms with Gasteiger partial charge in [0.25, 0.3) is 0 Å². The Bertz CT molecular complexity index is 638. The molecule has 6 nitrogen and oxygen atoms in total. The lowest BCUT2D eigenvalue weighted by molar-refractivity contribution is -0.142. The van der Waals surface area contributed by atoms with E-state index in [1.54, 1.807) is 0 Å². The van der Waals surface area contributed by atoms with E-state index < -0.39 is 5.97 Å². The topological polar surface area (TPSA) is 85.5 Å². The number of benzene rings is 1. The van der Waals surface area contributed by atoms with Gasteiger partial charge in [-0.05, 0) is 30.4 Å². The SMILES string of the molecule is O=C(O)COCc1nnc(C2CCc3ccccc3C2)o1. The van der Waals surface area contributed by atoms with Gasteiger partial charge in [0.2, 0.25) is 11.8 Å². The highest BCUT2D eigenvalue weighted by atomic mass is 16.5. The molecule has 3 rings (SSSR count). The molecule has 0 amide bonds. The molecule has 6 heteroatoms. The summed E-state index contributed by atoms with van der Waals surface area (Å²) in [4.78, 5) is 10.4. The summed E-state index contributed by atoms with van der Waals surface area (Å²) in [5, 5.41) is 16.5. The molecule has 1 aliphatic rings. The van der Waals surface area contributed by atoms with E-state index in [0.717, 1.165) is 19.3 Å². The molecule has 0 fully saturated rings. The van der Waals surface area contributed by atoms with Crippen LogP contribution in [-0.4, -0.2) is 27.9 Å². The Hall–Kier alpha value is -2.21. The molecular formula is C15H16N2O4. The molecule has 1 aliphatic carbocycles. The van der Waals surface area contributed by atoms with Crippen LogP contribution >= 0.6 is 0 Å². The van der Waals surface area contributed by atoms with Gasteiger partial charge in [0, 0.05) is 5.92 Å². The summed E-state index contributed by atoms with van der Waals surface area (Å²) in [6.07, 6.45) is 2.89. The first-order valence-corrected chi connectivity index (χ1v) is 6.91. The number of aliphatic carboxylic acids is 1. The first kappa shape index (κ1) is 13.8. The second-order valence-electron chi connectivity index (χ2n) is 5.13. The predicted molar refractivity (Wildman–Crippen MR) is 72.8 cm³/mol. The van der Waals surface area contributed by atoms with Crippen LogP contribution in [0.3, 0.4) is 0 Å². The standard InChI is InChI=1S/C15H16N2O4/c18-14(19)9-20-8-13-16-17-15(21-13)12-6-5-10-3-1-2-4-11(10)7-12/h1-4,12H,5-9H2,(H,18,19). The molecule has 2 aromatic rings. The number of carboxylic acid groups (broad SMARTS) is 1. The van der Waals surface area contributed by atoms with Crippen molar-refractivity contribution in [2.24, 2.45) is 0 Å². The molecule has 1 atom stereocenters. The van der Waals surface area contributed by atoms with Gasteiger partial charge in [-0.25, -0.2) is 4.79 Å². The van der Waals surface area contributed by atoms with Crippen LogP contribution in [-0.2, 0) is 29.0 Å². The van der Waals surface area contributed by atoms with Crippen LogP contribution in [0, 0.1) is 0 Å². The van der Waals surface area contributed by atoms with Crippen LogP contribution in [0.5, 0.6) is 0 Å². The number of fused-ring (bicyclic) bond motifs is 1. The van der Waals surface area contributed by atoms with E-state index in [-0.39, 0.29) is 19.1 Å². The second-order valence-corrected chi connectivity index (χ2v) is 5.13. The largest absolute Gasteiger partial charge is 0.480 e. The molecular weight excluding hydrogens is 272 g/mol. The van der Waals surface area contributed by atoms with Crippen molar-refractivity contribution in [1.82, 2.24) is 10.2 Å². The maximum Gasteiger partial charge on any atom is 0.329 e. The molecule has 0 radical (unpaired) electrons. The second kappa shape index (κ2) is 6.05. The van der Waals surface area contributed by atoms with E-state index in [0.29, 0.717) is 11.8 Å². The zero-order chi connectivity index (χ0) is 14.7. The number of hydrogen-bond donors (Lipinski definition) is 1. The normalized spacial score (nSPS) is 17.4. The minimum atomic E-state index is -1.02. The summed E-state index contributed by atoms with van der Waals surface area (Å²) >= 11 is 0. The fraction of sp³-hybridized carbons (Fsp3) is 0.400. The number of carboxylic acids is 1. The van der Waals surface area contributed by atoms with Crippen LogP contribution < -0.4 is 0 Å². The summed E-state index contributed by atoms with van der Waals surface area (Å²) in [6.45, 7) is -0.336. The van der Waals surface area contributed by atoms with Crippen molar-refractivity contribution < 1.29 is 19.1 Å². The third-order valence-electron chi connectivity index (χ3n) is 3.63. The monoisotopic (exact) mass is 288 g/mol. The average molecular weight is 288 g/mol. The predicted octanol–water partition coefficient (Wildman–Crippen LogP) is 1.94. The van der Waals surface area contributed by atoms with Crippen LogP contribution in [0.2, 0.25) is 0 Å². The number of carbonyl (C=O) groups is 1. The third kappa shape index (κ3) is 3.28. The lowest BCUT2D eigenvalue weighted by atomic mass is 9.84. The molecule has 0 aliphatic heterocycles. The minimum absolute atomic E-state index is 0.0304. The van der Waals surface area contributed by atoms with Crippen molar-refractivity contribution in [2.45, 2.75) is 31.8 Å². The van der Waals surface area contributed by atoms with Gasteiger partial charge in [-0.1, -0.05) is 24.3 Å². The Morgan fingerprint density at radius 3 is 2.95 bits per heavy atom. The maximum absolute atomic E-state index is 10.4. The van der Waals surface area contributed by atoms with E-state index in [1.807, 2.05) is 6.07 Å². The van der Waals surface area contributed by atoms with Crippen molar-refractivity contribution >= 4 is 5.97 Å². The highest BCUT2D eigenvalue weighted by Crippen LogP contribution is 2.31. The molecule has 0 spiro atoms. The van der Waals surface area contributed by atoms with Gasteiger partial charge in [0.1, 0.15) is 13.2 Å². The zero-order valence-electron chi connectivity index (χ0n) is 11.5. The van der Waals surface area contributed by atoms with Gasteiger partial charge < -0.3 is 14.3 Å². The molecule has 0 saturated heterocycles. The molecule has 1 aromatic heterocycles. The minimum Gasteiger partial charge on any atom is -0.480 e. The summed E-state index contributed by atoms with van der Waals surface area (Å²) in [7, 11) is 0. The smallest absolute Gasteiger partial charge is 0.329 e. The quantitative estimate of drug-likeness (QED) is 0.905. The fourth-order valence-electron chi connectivity index (χ4n) is 2.62. The molecule has 1 N–H and O–H groups in total. The van der Waals surface area contributed by atoms with Gasteiger partial charge in [-0.15, -0.1) is 10.2 Å². The van der Waals surface area contributed by atoms with Gasteiger partial charge >= 0.3 is 5.97 Å². The molecule has 110 valence electrons. The van der Waals surface area contributed by atoms with Crippen molar-refractivity contribution in [1.29, 1.82) is 0 Å². The van der Waals surface area contributed by atoms with Crippen molar-refractivity contribution in [2.75, 3.05) is 6.61 Å². The highest BCUT2D eigenvalue weighted by Gasteiger charge is 2.24. The molecule has 0 bridgehead atoms. The average Bonchev–Trinajstić information content (AvgIpc) is 2.95. The number of hydrogen-bond acceptors (Lipinski definition) is 5. The lowest BCUT2D eigenvalue weighted by Crippen LogP contribution is -2.12. The van der Waals surface area contributed by atoms with Crippen molar-refractivity contribution in [3.05, 3.63) is 47.2 Å². The summed E-state index contributed by atoms with van der Waals surface area (Å²) in [6, 6.07) is 8.39. The van der Waals surface area contributed by atoms with E-state index in [1.165, 1.54) is 11.1 Å². The van der Waals surface area contributed by atoms with E-state index >= 15 is 0 Å². The Morgan fingerprint density at radius 1 is 1.33 bits per heavy atom. The number of rotatable bonds is 5. The van der Waals surface area contributed by atoms with Crippen LogP contribution in [0.25, 0.3) is 0 Å². The Balaban J connectivity index is 1.63. The Kier molecular flexibility index (Phi) is 3.96. The van der Waals surface area contributed by atoms with Crippen molar-refractivity contribution in [3.8, 4) is 0 Å². The third-order valence-corrected chi connectivity index (χ3v) is 3.63. The molecule has 1 heterocycles. The van der Waals surface area contributed by atoms with Crippen LogP contribution in [0.15, 0.2) is 28.7 Å². The van der Waals surface area contributed by atoms with Crippen LogP contribution in [0.1, 0.15) is 35.2 Å². The number of aryl methyl sites for hydroxylation is 1. The zero-order valence-corrected chi connectivity index (χ0v) is 11.5. The Labute approximate surface area is 121 Å². The summed E-state index contributed by atoms with van der Waals surface area (Å²) < 4.78 is 10.5. The number of ether oxygens (including phenoxy) is 1. The van der Waals surface area contributed by atoms with Gasteiger partial charge in [-0.3, -0.25) is 0 Å². The van der Waals surface area contributed by atoms with Crippen LogP contribution in [0.4, 0.5) is 0 Å². The highest BCUT2D eigenvalue weighted by molar-refractivity contribution is 5.67. The van der Waals surface area contributed by atoms with Gasteiger partial charge in [0.05, 0.1) is 0 Å². The van der Waals surface area contributed by atoms with E-state index in [4.69, 9.17) is 14.3 Å². The lowest BCUT2D eigenvalue weighted by Gasteiger charge is -2.21. The molecule has 21 heavy (non-hydrogen) atoms. The molecule has 0 saturated carbocycles. The molecule has 1 aromatic carbocycles. The maximum atomic E-state index is 10.4. The van der Waals surface area contributed by atoms with Gasteiger partial charge in [-0.2, -0.15) is 0 Å². The van der Waals surface area contributed by atoms with E-state index in [9.17, 15) is 4.79 Å². The first-order valence-electron chi connectivity index (χ1n) is 6.91. The Morgan fingerprint density at radius 2 is 2.14 bits per heavy atom. The summed E-state index contributed by atoms with van der Waals surface area (Å²) in [5.74, 6) is 0.141. The van der Waals surface area contributed by atoms with E-state index in [2.05, 4.69) is 28.4 Å². The number of aromatic nitrogens is 2. The molecule has 1 unspecified atom stereocenters. The fourth-order valence-corrected chi connectivity index (χ4v) is 2.62. The number of nitrogens with zero attached hydrogens (tertiary/aromatic N) is 2. The summed E-state index contributed by atoms with van der Waals surface area (Å²) in [5.41, 5.74) is 2.72.